The zero-order valence-corrected chi connectivity index (χ0v) is 18.3. The number of nitrogens with one attached hydrogen (secondary N) is 1. The van der Waals surface area contributed by atoms with Crippen LogP contribution in [0, 0.1) is 12.7 Å². The molecule has 1 spiro atoms. The van der Waals surface area contributed by atoms with Crippen LogP contribution in [-0.4, -0.2) is 37.0 Å². The zero-order chi connectivity index (χ0) is 21.0. The predicted molar refractivity (Wildman–Crippen MR) is 116 cm³/mol. The molecule has 2 aliphatic rings. The van der Waals surface area contributed by atoms with E-state index in [1.165, 1.54) is 17.8 Å². The van der Waals surface area contributed by atoms with E-state index in [2.05, 4.69) is 23.3 Å². The Morgan fingerprint density at radius 3 is 2.73 bits per heavy atom. The Morgan fingerprint density at radius 1 is 1.13 bits per heavy atom. The van der Waals surface area contributed by atoms with Crippen LogP contribution >= 0.6 is 11.6 Å². The number of nitrogens with zero attached hydrogens (tertiary/aromatic N) is 1. The van der Waals surface area contributed by atoms with Crippen LogP contribution in [0.5, 0.6) is 0 Å². The minimum atomic E-state index is -0.295. The van der Waals surface area contributed by atoms with Crippen LogP contribution in [0.4, 0.5) is 4.39 Å². The molecule has 0 bridgehead atoms. The highest BCUT2D eigenvalue weighted by atomic mass is 35.5. The fraction of sp³-hybridized carbons (Fsp3) is 0.542. The molecule has 0 radical (unpaired) electrons. The summed E-state index contributed by atoms with van der Waals surface area (Å²) in [6, 6.07) is 9.40. The largest absolute Gasteiger partial charge is 0.381 e. The van der Waals surface area contributed by atoms with E-state index in [9.17, 15) is 4.39 Å². The Kier molecular flexibility index (Phi) is 6.73. The maximum atomic E-state index is 13.6. The van der Waals surface area contributed by atoms with Gasteiger partial charge >= 0.3 is 0 Å². The molecule has 3 heterocycles. The van der Waals surface area contributed by atoms with Crippen LogP contribution in [0.2, 0.25) is 5.02 Å². The number of aromatic nitrogens is 1. The van der Waals surface area contributed by atoms with Crippen molar-refractivity contribution in [2.45, 2.75) is 56.6 Å². The average molecular weight is 433 g/mol. The lowest BCUT2D eigenvalue weighted by Crippen LogP contribution is -2.51. The van der Waals surface area contributed by atoms with Crippen molar-refractivity contribution < 1.29 is 13.9 Å². The van der Waals surface area contributed by atoms with E-state index >= 15 is 0 Å². The fourth-order valence-corrected chi connectivity index (χ4v) is 5.12. The summed E-state index contributed by atoms with van der Waals surface area (Å²) in [4.78, 5) is 4.51. The summed E-state index contributed by atoms with van der Waals surface area (Å²) in [5.74, 6) is -0.295. The summed E-state index contributed by atoms with van der Waals surface area (Å²) >= 11 is 6.26. The quantitative estimate of drug-likeness (QED) is 0.655. The second kappa shape index (κ2) is 9.31. The summed E-state index contributed by atoms with van der Waals surface area (Å²) in [7, 11) is 0. The van der Waals surface area contributed by atoms with Gasteiger partial charge in [0.15, 0.2) is 0 Å². The summed E-state index contributed by atoms with van der Waals surface area (Å²) < 4.78 is 25.4. The molecule has 1 aromatic carbocycles. The Morgan fingerprint density at radius 2 is 1.97 bits per heavy atom. The monoisotopic (exact) mass is 432 g/mol. The van der Waals surface area contributed by atoms with E-state index in [-0.39, 0.29) is 16.8 Å². The van der Waals surface area contributed by atoms with Crippen molar-refractivity contribution >= 4 is 11.6 Å². The minimum absolute atomic E-state index is 0.125. The lowest BCUT2D eigenvalue weighted by atomic mass is 9.66. The molecule has 2 aliphatic heterocycles. The molecular weight excluding hydrogens is 403 g/mol. The molecule has 2 aromatic rings. The lowest BCUT2D eigenvalue weighted by Gasteiger charge is -2.49. The first-order valence-corrected chi connectivity index (χ1v) is 11.2. The Balaban J connectivity index is 1.49. The highest BCUT2D eigenvalue weighted by molar-refractivity contribution is 6.31. The predicted octanol–water partition coefficient (Wildman–Crippen LogP) is 4.96. The van der Waals surface area contributed by atoms with Gasteiger partial charge in [-0.2, -0.15) is 0 Å². The first-order valence-electron chi connectivity index (χ1n) is 10.8. The molecule has 0 aliphatic carbocycles. The van der Waals surface area contributed by atoms with Crippen molar-refractivity contribution in [3.05, 3.63) is 64.2 Å². The summed E-state index contributed by atoms with van der Waals surface area (Å²) in [5, 5.41) is 4.39. The van der Waals surface area contributed by atoms with Gasteiger partial charge in [0.05, 0.1) is 11.8 Å². The molecule has 1 aromatic heterocycles. The molecule has 30 heavy (non-hydrogen) atoms. The van der Waals surface area contributed by atoms with Crippen molar-refractivity contribution in [1.29, 1.82) is 0 Å². The van der Waals surface area contributed by atoms with E-state index in [1.807, 2.05) is 18.2 Å². The Hall–Kier alpha value is -1.53. The summed E-state index contributed by atoms with van der Waals surface area (Å²) in [6.45, 7) is 5.84. The van der Waals surface area contributed by atoms with Gasteiger partial charge < -0.3 is 14.8 Å². The number of halogens is 2. The van der Waals surface area contributed by atoms with Crippen LogP contribution < -0.4 is 5.32 Å². The van der Waals surface area contributed by atoms with E-state index in [0.29, 0.717) is 6.61 Å². The first-order chi connectivity index (χ1) is 14.5. The van der Waals surface area contributed by atoms with Gasteiger partial charge in [0.1, 0.15) is 5.82 Å². The van der Waals surface area contributed by atoms with Crippen molar-refractivity contribution in [2.75, 3.05) is 26.4 Å². The molecule has 0 saturated carbocycles. The summed E-state index contributed by atoms with van der Waals surface area (Å²) in [5.41, 5.74) is 3.02. The second-order valence-corrected chi connectivity index (χ2v) is 9.07. The number of rotatable bonds is 6. The van der Waals surface area contributed by atoms with Gasteiger partial charge in [-0.1, -0.05) is 23.7 Å². The third-order valence-corrected chi connectivity index (χ3v) is 7.21. The van der Waals surface area contributed by atoms with Crippen molar-refractivity contribution in [1.82, 2.24) is 10.3 Å². The fourth-order valence-electron chi connectivity index (χ4n) is 4.93. The molecule has 4 nitrogen and oxygen atoms in total. The third kappa shape index (κ3) is 4.70. The van der Waals surface area contributed by atoms with Crippen LogP contribution in [0.15, 0.2) is 36.5 Å². The molecule has 162 valence electrons. The van der Waals surface area contributed by atoms with Crippen LogP contribution in [0.3, 0.4) is 0 Å². The minimum Gasteiger partial charge on any atom is -0.381 e. The van der Waals surface area contributed by atoms with Gasteiger partial charge in [-0.3, -0.25) is 4.98 Å². The van der Waals surface area contributed by atoms with E-state index < -0.39 is 0 Å². The maximum Gasteiger partial charge on any atom is 0.141 e. The zero-order valence-electron chi connectivity index (χ0n) is 17.6. The molecule has 4 rings (SSSR count). The molecule has 0 amide bonds. The normalized spacial score (nSPS) is 23.6. The second-order valence-electron chi connectivity index (χ2n) is 8.66. The number of hydrogen-bond donors (Lipinski definition) is 1. The van der Waals surface area contributed by atoms with Crippen molar-refractivity contribution in [2.24, 2.45) is 0 Å². The van der Waals surface area contributed by atoms with E-state index in [0.717, 1.165) is 74.7 Å². The highest BCUT2D eigenvalue weighted by Gasteiger charge is 2.47. The molecule has 2 fully saturated rings. The van der Waals surface area contributed by atoms with Gasteiger partial charge in [-0.05, 0) is 74.9 Å². The van der Waals surface area contributed by atoms with Crippen LogP contribution in [0.25, 0.3) is 0 Å². The van der Waals surface area contributed by atoms with Gasteiger partial charge in [0.2, 0.25) is 0 Å². The lowest BCUT2D eigenvalue weighted by molar-refractivity contribution is -0.154. The van der Waals surface area contributed by atoms with E-state index in [4.69, 9.17) is 21.1 Å². The molecular formula is C24H30ClFN2O2. The number of pyridine rings is 1. The molecule has 0 unspecified atom stereocenters. The van der Waals surface area contributed by atoms with Gasteiger partial charge in [-0.25, -0.2) is 4.39 Å². The Labute approximate surface area is 183 Å². The summed E-state index contributed by atoms with van der Waals surface area (Å²) in [6.07, 6.45) is 5.88. The SMILES string of the molecule is Cc1c(Cl)cccc1CNCC[C@@]1(c2ccc(F)cn2)CCOC2(CCOCC2)C1. The number of ether oxygens (including phenoxy) is 2. The van der Waals surface area contributed by atoms with Gasteiger partial charge in [0.25, 0.3) is 0 Å². The highest BCUT2D eigenvalue weighted by Crippen LogP contribution is 2.47. The maximum absolute atomic E-state index is 13.6. The molecule has 2 saturated heterocycles. The Bertz CT molecular complexity index is 849. The number of benzene rings is 1. The molecule has 1 N–H and O–H groups in total. The van der Waals surface area contributed by atoms with Crippen LogP contribution in [-0.2, 0) is 21.4 Å². The topological polar surface area (TPSA) is 43.4 Å². The third-order valence-electron chi connectivity index (χ3n) is 6.80. The molecule has 6 heteroatoms. The van der Waals surface area contributed by atoms with Crippen LogP contribution in [0.1, 0.15) is 48.9 Å². The number of hydrogen-bond acceptors (Lipinski definition) is 4. The first kappa shape index (κ1) is 21.7. The molecule has 1 atom stereocenters. The van der Waals surface area contributed by atoms with Gasteiger partial charge in [0, 0.05) is 42.5 Å². The van der Waals surface area contributed by atoms with E-state index in [1.54, 1.807) is 0 Å². The standard InChI is InChI=1S/C24H30ClFN2O2/c1-18-19(3-2-4-21(18)25)15-27-11-7-23(22-6-5-20(26)16-28-22)8-14-30-24(17-23)9-12-29-13-10-24/h2-6,16,27H,7-15,17H2,1H3/t23-/m1/s1. The van der Waals surface area contributed by atoms with Gasteiger partial charge in [-0.15, -0.1) is 0 Å². The average Bonchev–Trinajstić information content (AvgIpc) is 2.75. The van der Waals surface area contributed by atoms with Crippen molar-refractivity contribution in [3.8, 4) is 0 Å². The van der Waals surface area contributed by atoms with Crippen molar-refractivity contribution in [3.63, 3.8) is 0 Å². The smallest absolute Gasteiger partial charge is 0.141 e.